The van der Waals surface area contributed by atoms with Gasteiger partial charge in [0.05, 0.1) is 23.2 Å². The fourth-order valence-electron chi connectivity index (χ4n) is 4.43. The van der Waals surface area contributed by atoms with Crippen LogP contribution in [0.2, 0.25) is 0 Å². The number of benzene rings is 3. The first-order valence-corrected chi connectivity index (χ1v) is 13.5. The van der Waals surface area contributed by atoms with E-state index in [4.69, 9.17) is 4.74 Å². The maximum atomic E-state index is 13.5. The fourth-order valence-corrected chi connectivity index (χ4v) is 5.88. The molecule has 3 aromatic carbocycles. The summed E-state index contributed by atoms with van der Waals surface area (Å²) in [4.78, 5) is 13.2. The molecule has 0 bridgehead atoms. The van der Waals surface area contributed by atoms with Crippen LogP contribution in [0.3, 0.4) is 0 Å². The zero-order valence-electron chi connectivity index (χ0n) is 20.2. The molecule has 0 unspecified atom stereocenters. The van der Waals surface area contributed by atoms with Crippen LogP contribution in [-0.4, -0.2) is 27.5 Å². The van der Waals surface area contributed by atoms with Gasteiger partial charge in [-0.1, -0.05) is 36.4 Å². The van der Waals surface area contributed by atoms with Gasteiger partial charge in [-0.25, -0.2) is 8.42 Å². The molecule has 1 aliphatic carbocycles. The van der Waals surface area contributed by atoms with Crippen molar-refractivity contribution in [2.75, 3.05) is 17.5 Å². The molecule has 184 valence electrons. The van der Waals surface area contributed by atoms with Gasteiger partial charge in [-0.3, -0.25) is 9.10 Å². The Morgan fingerprint density at radius 3 is 2.34 bits per heavy atom. The molecule has 7 heteroatoms. The Morgan fingerprint density at radius 2 is 1.66 bits per heavy atom. The highest BCUT2D eigenvalue weighted by Crippen LogP contribution is 2.27. The number of nitrogens with zero attached hydrogens (tertiary/aromatic N) is 1. The number of hydrogen-bond donors (Lipinski definition) is 1. The number of ether oxygens (including phenoxy) is 1. The molecule has 0 spiro atoms. The zero-order chi connectivity index (χ0) is 24.8. The second-order valence-electron chi connectivity index (χ2n) is 8.78. The third-order valence-electron chi connectivity index (χ3n) is 6.30. The second-order valence-corrected chi connectivity index (χ2v) is 10.6. The lowest BCUT2D eigenvalue weighted by molar-refractivity contribution is -0.120. The van der Waals surface area contributed by atoms with Gasteiger partial charge in [-0.2, -0.15) is 0 Å². The molecule has 4 rings (SSSR count). The van der Waals surface area contributed by atoms with Crippen LogP contribution in [0.25, 0.3) is 0 Å². The molecular weight excluding hydrogens is 460 g/mol. The van der Waals surface area contributed by atoms with Crippen LogP contribution in [0.5, 0.6) is 5.75 Å². The Kier molecular flexibility index (Phi) is 7.76. The minimum Gasteiger partial charge on any atom is -0.494 e. The van der Waals surface area contributed by atoms with Gasteiger partial charge in [-0.15, -0.1) is 0 Å². The third-order valence-corrected chi connectivity index (χ3v) is 8.09. The molecule has 0 radical (unpaired) electrons. The van der Waals surface area contributed by atoms with Crippen LogP contribution in [0.15, 0.2) is 77.7 Å². The van der Waals surface area contributed by atoms with Crippen LogP contribution in [0.4, 0.5) is 5.69 Å². The Labute approximate surface area is 208 Å². The normalized spacial score (nSPS) is 14.0. The van der Waals surface area contributed by atoms with E-state index in [2.05, 4.69) is 23.5 Å². The van der Waals surface area contributed by atoms with Gasteiger partial charge in [0.25, 0.3) is 10.0 Å². The van der Waals surface area contributed by atoms with Crippen LogP contribution >= 0.6 is 0 Å². The fraction of sp³-hybridized carbons (Fsp3) is 0.321. The highest BCUT2D eigenvalue weighted by atomic mass is 32.2. The molecule has 0 saturated heterocycles. The Hall–Kier alpha value is -3.32. The summed E-state index contributed by atoms with van der Waals surface area (Å²) in [5, 5.41) is 2.99. The number of amides is 1. The molecule has 1 atom stereocenters. The van der Waals surface area contributed by atoms with Crippen molar-refractivity contribution in [2.45, 2.75) is 50.5 Å². The monoisotopic (exact) mass is 492 g/mol. The van der Waals surface area contributed by atoms with E-state index in [9.17, 15) is 13.2 Å². The van der Waals surface area contributed by atoms with Gasteiger partial charge in [-0.05, 0) is 92.6 Å². The van der Waals surface area contributed by atoms with Crippen molar-refractivity contribution in [3.05, 3.63) is 89.5 Å². The van der Waals surface area contributed by atoms with E-state index in [1.54, 1.807) is 42.5 Å². The summed E-state index contributed by atoms with van der Waals surface area (Å²) in [5.41, 5.74) is 4.15. The predicted octanol–water partition coefficient (Wildman–Crippen LogP) is 5.04. The standard InChI is InChI=1S/C28H32N2O4S/c1-3-34-26-17-15-25(16-18-26)30(35(32,33)27-11-5-4-6-12-27)20-28(31)29-21(2)23-14-13-22-9-7-8-10-24(22)19-23/h4-6,11-19,21H,3,7-10,20H2,1-2H3,(H,29,31)/t21-/m0/s1. The summed E-state index contributed by atoms with van der Waals surface area (Å²) in [6.07, 6.45) is 4.57. The zero-order valence-corrected chi connectivity index (χ0v) is 21.1. The number of nitrogens with one attached hydrogen (secondary N) is 1. The number of carbonyl (C=O) groups is 1. The number of anilines is 1. The van der Waals surface area contributed by atoms with E-state index in [1.165, 1.54) is 36.1 Å². The van der Waals surface area contributed by atoms with E-state index in [0.717, 1.165) is 22.7 Å². The summed E-state index contributed by atoms with van der Waals surface area (Å²) in [6.45, 7) is 3.98. The van der Waals surface area contributed by atoms with Crippen LogP contribution in [0, 0.1) is 0 Å². The van der Waals surface area contributed by atoms with Gasteiger partial charge in [0.1, 0.15) is 12.3 Å². The lowest BCUT2D eigenvalue weighted by Gasteiger charge is -2.25. The van der Waals surface area contributed by atoms with Crippen molar-refractivity contribution in [1.29, 1.82) is 0 Å². The molecule has 0 saturated carbocycles. The van der Waals surface area contributed by atoms with Crippen LogP contribution < -0.4 is 14.4 Å². The molecule has 1 amide bonds. The van der Waals surface area contributed by atoms with Crippen molar-refractivity contribution in [2.24, 2.45) is 0 Å². The average Bonchev–Trinajstić information content (AvgIpc) is 2.88. The summed E-state index contributed by atoms with van der Waals surface area (Å²) >= 11 is 0. The minimum absolute atomic E-state index is 0.129. The molecule has 0 aromatic heterocycles. The Morgan fingerprint density at radius 1 is 0.971 bits per heavy atom. The van der Waals surface area contributed by atoms with E-state index in [1.807, 2.05) is 13.8 Å². The molecule has 3 aromatic rings. The minimum atomic E-state index is -3.96. The number of aryl methyl sites for hydroxylation is 2. The lowest BCUT2D eigenvalue weighted by atomic mass is 9.89. The SMILES string of the molecule is CCOc1ccc(N(CC(=O)N[C@@H](C)c2ccc3c(c2)CCCC3)S(=O)(=O)c2ccccc2)cc1. The molecule has 35 heavy (non-hydrogen) atoms. The maximum Gasteiger partial charge on any atom is 0.264 e. The Bertz CT molecular complexity index is 1260. The summed E-state index contributed by atoms with van der Waals surface area (Å²) < 4.78 is 33.7. The number of fused-ring (bicyclic) bond motifs is 1. The van der Waals surface area contributed by atoms with Crippen LogP contribution in [0.1, 0.15) is 49.4 Å². The average molecular weight is 493 g/mol. The van der Waals surface area contributed by atoms with Crippen molar-refractivity contribution in [1.82, 2.24) is 5.32 Å². The Balaban J connectivity index is 1.56. The number of sulfonamides is 1. The third kappa shape index (κ3) is 5.85. The number of carbonyl (C=O) groups excluding carboxylic acids is 1. The smallest absolute Gasteiger partial charge is 0.264 e. The van der Waals surface area contributed by atoms with E-state index >= 15 is 0 Å². The van der Waals surface area contributed by atoms with Crippen molar-refractivity contribution in [3.63, 3.8) is 0 Å². The lowest BCUT2D eigenvalue weighted by Crippen LogP contribution is -2.41. The molecule has 1 aliphatic rings. The molecule has 0 fully saturated rings. The van der Waals surface area contributed by atoms with Crippen molar-refractivity contribution < 1.29 is 17.9 Å². The topological polar surface area (TPSA) is 75.7 Å². The number of rotatable bonds is 9. The first-order chi connectivity index (χ1) is 16.9. The van der Waals surface area contributed by atoms with Crippen LogP contribution in [-0.2, 0) is 27.7 Å². The first kappa shape index (κ1) is 24.8. The quantitative estimate of drug-likeness (QED) is 0.454. The number of hydrogen-bond acceptors (Lipinski definition) is 4. The second kappa shape index (κ2) is 11.0. The largest absolute Gasteiger partial charge is 0.494 e. The predicted molar refractivity (Wildman–Crippen MR) is 138 cm³/mol. The highest BCUT2D eigenvalue weighted by Gasteiger charge is 2.28. The summed E-state index contributed by atoms with van der Waals surface area (Å²) in [5.74, 6) is 0.266. The van der Waals surface area contributed by atoms with Gasteiger partial charge in [0, 0.05) is 0 Å². The molecule has 1 N–H and O–H groups in total. The molecule has 0 aliphatic heterocycles. The first-order valence-electron chi connectivity index (χ1n) is 12.1. The van der Waals surface area contributed by atoms with E-state index in [0.29, 0.717) is 18.0 Å². The van der Waals surface area contributed by atoms with E-state index in [-0.39, 0.29) is 23.4 Å². The molecular formula is C28H32N2O4S. The van der Waals surface area contributed by atoms with Gasteiger partial charge in [0.15, 0.2) is 0 Å². The van der Waals surface area contributed by atoms with Gasteiger partial charge < -0.3 is 10.1 Å². The summed E-state index contributed by atoms with van der Waals surface area (Å²) in [6, 6.07) is 21.0. The van der Waals surface area contributed by atoms with Crippen molar-refractivity contribution >= 4 is 21.6 Å². The van der Waals surface area contributed by atoms with Gasteiger partial charge >= 0.3 is 0 Å². The maximum absolute atomic E-state index is 13.5. The molecule has 6 nitrogen and oxygen atoms in total. The summed E-state index contributed by atoms with van der Waals surface area (Å²) in [7, 11) is -3.96. The highest BCUT2D eigenvalue weighted by molar-refractivity contribution is 7.92. The van der Waals surface area contributed by atoms with Gasteiger partial charge in [0.2, 0.25) is 5.91 Å². The van der Waals surface area contributed by atoms with Crippen molar-refractivity contribution in [3.8, 4) is 5.75 Å². The molecule has 0 heterocycles. The van der Waals surface area contributed by atoms with E-state index < -0.39 is 10.0 Å².